The van der Waals surface area contributed by atoms with Crippen LogP contribution in [0.1, 0.15) is 49.4 Å². The molecule has 1 fully saturated rings. The molecule has 1 aromatic carbocycles. The highest BCUT2D eigenvalue weighted by molar-refractivity contribution is 5.99. The Kier molecular flexibility index (Phi) is 4.57. The molecule has 1 aliphatic rings. The van der Waals surface area contributed by atoms with E-state index in [0.717, 1.165) is 44.2 Å². The summed E-state index contributed by atoms with van der Waals surface area (Å²) in [6, 6.07) is 1.96. The van der Waals surface area contributed by atoms with E-state index in [0.29, 0.717) is 6.54 Å². The van der Waals surface area contributed by atoms with Gasteiger partial charge in [-0.15, -0.1) is 0 Å². The summed E-state index contributed by atoms with van der Waals surface area (Å²) in [4.78, 5) is 14.3. The van der Waals surface area contributed by atoms with Crippen LogP contribution in [-0.4, -0.2) is 23.4 Å². The van der Waals surface area contributed by atoms with E-state index in [-0.39, 0.29) is 23.2 Å². The van der Waals surface area contributed by atoms with E-state index >= 15 is 0 Å². The number of carbonyl (C=O) groups is 1. The van der Waals surface area contributed by atoms with Crippen molar-refractivity contribution in [2.75, 3.05) is 12.3 Å². The largest absolute Gasteiger partial charge is 0.398 e. The summed E-state index contributed by atoms with van der Waals surface area (Å²) in [7, 11) is 0. The van der Waals surface area contributed by atoms with Crippen molar-refractivity contribution < 1.29 is 13.6 Å². The van der Waals surface area contributed by atoms with Gasteiger partial charge in [-0.2, -0.15) is 0 Å². The Morgan fingerprint density at radius 2 is 2.05 bits per heavy atom. The van der Waals surface area contributed by atoms with E-state index in [9.17, 15) is 13.6 Å². The molecule has 5 heteroatoms. The van der Waals surface area contributed by atoms with Crippen LogP contribution in [0.15, 0.2) is 12.1 Å². The van der Waals surface area contributed by atoms with Crippen molar-refractivity contribution in [1.29, 1.82) is 0 Å². The van der Waals surface area contributed by atoms with Crippen molar-refractivity contribution >= 4 is 11.6 Å². The van der Waals surface area contributed by atoms with Crippen LogP contribution in [-0.2, 0) is 0 Å². The quantitative estimate of drug-likeness (QED) is 0.864. The number of likely N-dealkylation sites (tertiary alicyclic amines) is 1. The van der Waals surface area contributed by atoms with Gasteiger partial charge < -0.3 is 10.6 Å². The first-order valence-corrected chi connectivity index (χ1v) is 7.10. The topological polar surface area (TPSA) is 46.3 Å². The number of nitrogen functional groups attached to an aromatic ring is 1. The molecule has 110 valence electrons. The number of benzene rings is 1. The number of hydrogen-bond acceptors (Lipinski definition) is 2. The zero-order chi connectivity index (χ0) is 14.7. The van der Waals surface area contributed by atoms with Gasteiger partial charge in [0.15, 0.2) is 11.6 Å². The van der Waals surface area contributed by atoms with Gasteiger partial charge >= 0.3 is 0 Å². The van der Waals surface area contributed by atoms with Gasteiger partial charge in [0.1, 0.15) is 0 Å². The van der Waals surface area contributed by atoms with Crippen LogP contribution in [0.5, 0.6) is 0 Å². The number of anilines is 1. The third kappa shape index (κ3) is 2.92. The van der Waals surface area contributed by atoms with Crippen LogP contribution in [0.4, 0.5) is 14.5 Å². The molecule has 1 amide bonds. The van der Waals surface area contributed by atoms with Gasteiger partial charge in [-0.05, 0) is 31.7 Å². The zero-order valence-electron chi connectivity index (χ0n) is 11.7. The fourth-order valence-corrected chi connectivity index (χ4v) is 2.80. The van der Waals surface area contributed by atoms with Crippen molar-refractivity contribution in [3.05, 3.63) is 29.3 Å². The van der Waals surface area contributed by atoms with Crippen molar-refractivity contribution in [2.45, 2.75) is 45.1 Å². The van der Waals surface area contributed by atoms with Crippen LogP contribution in [0.3, 0.4) is 0 Å². The smallest absolute Gasteiger partial charge is 0.256 e. The molecule has 1 aliphatic heterocycles. The zero-order valence-corrected chi connectivity index (χ0v) is 11.7. The summed E-state index contributed by atoms with van der Waals surface area (Å²) in [6.45, 7) is 2.73. The summed E-state index contributed by atoms with van der Waals surface area (Å²) in [6.07, 6.45) is 4.91. The summed E-state index contributed by atoms with van der Waals surface area (Å²) >= 11 is 0. The fourth-order valence-electron chi connectivity index (χ4n) is 2.80. The molecule has 0 radical (unpaired) electrons. The second kappa shape index (κ2) is 6.20. The number of halogens is 2. The number of rotatable bonds is 3. The Balaban J connectivity index is 2.27. The van der Waals surface area contributed by atoms with E-state index in [4.69, 9.17) is 5.73 Å². The number of amides is 1. The lowest BCUT2D eigenvalue weighted by molar-refractivity contribution is 0.0601. The Morgan fingerprint density at radius 1 is 1.35 bits per heavy atom. The molecule has 1 unspecified atom stereocenters. The van der Waals surface area contributed by atoms with E-state index in [2.05, 4.69) is 6.92 Å². The second-order valence-electron chi connectivity index (χ2n) is 5.29. The number of nitrogens with zero attached hydrogens (tertiary/aromatic N) is 1. The number of nitrogens with two attached hydrogens (primary N) is 1. The SMILES string of the molecule is CCCC1CCCCN1C(=O)c1cc(F)c(F)cc1N. The highest BCUT2D eigenvalue weighted by atomic mass is 19.2. The summed E-state index contributed by atoms with van der Waals surface area (Å²) in [5.41, 5.74) is 5.72. The Morgan fingerprint density at radius 3 is 2.75 bits per heavy atom. The minimum atomic E-state index is -1.04. The van der Waals surface area contributed by atoms with Gasteiger partial charge in [-0.25, -0.2) is 8.78 Å². The first-order chi connectivity index (χ1) is 9.54. The van der Waals surface area contributed by atoms with Crippen molar-refractivity contribution in [3.8, 4) is 0 Å². The van der Waals surface area contributed by atoms with Gasteiger partial charge in [0, 0.05) is 24.3 Å². The first-order valence-electron chi connectivity index (χ1n) is 7.10. The number of carbonyl (C=O) groups excluding carboxylic acids is 1. The minimum Gasteiger partial charge on any atom is -0.398 e. The van der Waals surface area contributed by atoms with Crippen LogP contribution in [0.2, 0.25) is 0 Å². The van der Waals surface area contributed by atoms with Crippen LogP contribution >= 0.6 is 0 Å². The standard InChI is InChI=1S/C15H20F2N2O/c1-2-5-10-6-3-4-7-19(10)15(20)11-8-12(16)13(17)9-14(11)18/h8-10H,2-7,18H2,1H3. The maximum Gasteiger partial charge on any atom is 0.256 e. The lowest BCUT2D eigenvalue weighted by Crippen LogP contribution is -2.43. The third-order valence-corrected chi connectivity index (χ3v) is 3.83. The lowest BCUT2D eigenvalue weighted by atomic mass is 9.97. The molecule has 0 aromatic heterocycles. The number of hydrogen-bond donors (Lipinski definition) is 1. The maximum atomic E-state index is 13.3. The Labute approximate surface area is 117 Å². The molecule has 0 aliphatic carbocycles. The predicted molar refractivity (Wildman–Crippen MR) is 74.4 cm³/mol. The first kappa shape index (κ1) is 14.8. The predicted octanol–water partition coefficient (Wildman–Crippen LogP) is 3.34. The molecule has 0 saturated carbocycles. The summed E-state index contributed by atoms with van der Waals surface area (Å²) < 4.78 is 26.4. The third-order valence-electron chi connectivity index (χ3n) is 3.83. The van der Waals surface area contributed by atoms with E-state index in [1.165, 1.54) is 0 Å². The van der Waals surface area contributed by atoms with E-state index in [1.807, 2.05) is 0 Å². The van der Waals surface area contributed by atoms with E-state index in [1.54, 1.807) is 4.90 Å². The van der Waals surface area contributed by atoms with Crippen molar-refractivity contribution in [1.82, 2.24) is 4.90 Å². The molecule has 0 bridgehead atoms. The number of piperidine rings is 1. The van der Waals surface area contributed by atoms with Gasteiger partial charge in [0.05, 0.1) is 5.56 Å². The summed E-state index contributed by atoms with van der Waals surface area (Å²) in [5.74, 6) is -2.35. The molecular weight excluding hydrogens is 262 g/mol. The molecule has 1 aromatic rings. The molecule has 1 atom stereocenters. The van der Waals surface area contributed by atoms with Gasteiger partial charge in [-0.3, -0.25) is 4.79 Å². The highest BCUT2D eigenvalue weighted by Crippen LogP contribution is 2.25. The Bertz CT molecular complexity index is 503. The van der Waals surface area contributed by atoms with Crippen LogP contribution in [0, 0.1) is 11.6 Å². The van der Waals surface area contributed by atoms with Gasteiger partial charge in [-0.1, -0.05) is 13.3 Å². The van der Waals surface area contributed by atoms with Crippen molar-refractivity contribution in [2.24, 2.45) is 0 Å². The molecule has 2 N–H and O–H groups in total. The molecule has 0 spiro atoms. The average Bonchev–Trinajstić information content (AvgIpc) is 2.43. The van der Waals surface area contributed by atoms with Gasteiger partial charge in [0.2, 0.25) is 0 Å². The minimum absolute atomic E-state index is 0.00489. The Hall–Kier alpha value is -1.65. The van der Waals surface area contributed by atoms with Crippen LogP contribution < -0.4 is 5.73 Å². The molecule has 1 saturated heterocycles. The monoisotopic (exact) mass is 282 g/mol. The summed E-state index contributed by atoms with van der Waals surface area (Å²) in [5, 5.41) is 0. The molecule has 1 heterocycles. The van der Waals surface area contributed by atoms with Gasteiger partial charge in [0.25, 0.3) is 5.91 Å². The maximum absolute atomic E-state index is 13.3. The second-order valence-corrected chi connectivity index (χ2v) is 5.29. The normalized spacial score (nSPS) is 19.1. The fraction of sp³-hybridized carbons (Fsp3) is 0.533. The lowest BCUT2D eigenvalue weighted by Gasteiger charge is -2.36. The average molecular weight is 282 g/mol. The molecule has 3 nitrogen and oxygen atoms in total. The molecule has 2 rings (SSSR count). The molecular formula is C15H20F2N2O. The van der Waals surface area contributed by atoms with Crippen LogP contribution in [0.25, 0.3) is 0 Å². The highest BCUT2D eigenvalue weighted by Gasteiger charge is 2.28. The molecule has 20 heavy (non-hydrogen) atoms. The van der Waals surface area contributed by atoms with Crippen molar-refractivity contribution in [3.63, 3.8) is 0 Å². The van der Waals surface area contributed by atoms with E-state index < -0.39 is 11.6 Å².